The predicted octanol–water partition coefficient (Wildman–Crippen LogP) is 2.74. The van der Waals surface area contributed by atoms with Gasteiger partial charge in [0.05, 0.1) is 10.6 Å². The molecule has 0 aromatic carbocycles. The van der Waals surface area contributed by atoms with Crippen molar-refractivity contribution in [2.24, 2.45) is 5.41 Å². The Hall–Kier alpha value is -1.62. The summed E-state index contributed by atoms with van der Waals surface area (Å²) in [7, 11) is 0. The van der Waals surface area contributed by atoms with Gasteiger partial charge in [0.1, 0.15) is 6.04 Å². The van der Waals surface area contributed by atoms with Crippen LogP contribution < -0.4 is 5.32 Å². The highest BCUT2D eigenvalue weighted by molar-refractivity contribution is 6.33. The van der Waals surface area contributed by atoms with Crippen LogP contribution in [0.3, 0.4) is 0 Å². The van der Waals surface area contributed by atoms with Crippen molar-refractivity contribution >= 4 is 23.5 Å². The highest BCUT2D eigenvalue weighted by atomic mass is 35.5. The molecule has 1 amide bonds. The van der Waals surface area contributed by atoms with Gasteiger partial charge in [0.15, 0.2) is 0 Å². The van der Waals surface area contributed by atoms with Gasteiger partial charge in [-0.15, -0.1) is 0 Å². The number of carbonyl (C=O) groups is 2. The molecule has 0 spiro atoms. The largest absolute Gasteiger partial charge is 0.480 e. The van der Waals surface area contributed by atoms with Crippen LogP contribution in [0.1, 0.15) is 44.0 Å². The van der Waals surface area contributed by atoms with Gasteiger partial charge in [-0.1, -0.05) is 32.4 Å². The highest BCUT2D eigenvalue weighted by Gasteiger charge is 2.23. The van der Waals surface area contributed by atoms with Crippen molar-refractivity contribution in [1.29, 1.82) is 0 Å². The molecule has 0 aliphatic carbocycles. The molecule has 1 atom stereocenters. The number of hydrogen-bond acceptors (Lipinski definition) is 3. The van der Waals surface area contributed by atoms with E-state index in [0.717, 1.165) is 0 Å². The summed E-state index contributed by atoms with van der Waals surface area (Å²) >= 11 is 5.86. The first kappa shape index (κ1) is 16.4. The number of carbonyl (C=O) groups excluding carboxylic acids is 1. The second-order valence-corrected chi connectivity index (χ2v) is 6.23. The molecule has 1 aromatic heterocycles. The summed E-state index contributed by atoms with van der Waals surface area (Å²) in [6.07, 6.45) is 3.84. The molecule has 6 heteroatoms. The SMILES string of the molecule is CC(C)(C)CCC(NC(=O)c1ccncc1Cl)C(=O)O. The minimum absolute atomic E-state index is 0.00669. The van der Waals surface area contributed by atoms with Crippen molar-refractivity contribution < 1.29 is 14.7 Å². The van der Waals surface area contributed by atoms with Crippen molar-refractivity contribution in [3.8, 4) is 0 Å². The molecule has 0 bridgehead atoms. The van der Waals surface area contributed by atoms with Crippen LogP contribution in [0, 0.1) is 5.41 Å². The van der Waals surface area contributed by atoms with Gasteiger partial charge in [-0.05, 0) is 24.3 Å². The van der Waals surface area contributed by atoms with Crippen LogP contribution in [-0.2, 0) is 4.79 Å². The molecule has 1 heterocycles. The van der Waals surface area contributed by atoms with E-state index in [1.165, 1.54) is 18.5 Å². The van der Waals surface area contributed by atoms with E-state index in [-0.39, 0.29) is 16.0 Å². The number of aliphatic carboxylic acids is 1. The molecular weight excluding hydrogens is 280 g/mol. The van der Waals surface area contributed by atoms with E-state index < -0.39 is 17.9 Å². The molecular formula is C14H19ClN2O3. The molecule has 110 valence electrons. The number of carboxylic acids is 1. The van der Waals surface area contributed by atoms with Crippen LogP contribution in [0.15, 0.2) is 18.5 Å². The molecule has 0 radical (unpaired) electrons. The van der Waals surface area contributed by atoms with Crippen molar-refractivity contribution in [3.63, 3.8) is 0 Å². The van der Waals surface area contributed by atoms with Crippen LogP contribution in [0.2, 0.25) is 5.02 Å². The van der Waals surface area contributed by atoms with Crippen LogP contribution >= 0.6 is 11.6 Å². The van der Waals surface area contributed by atoms with E-state index in [0.29, 0.717) is 12.8 Å². The zero-order valence-corrected chi connectivity index (χ0v) is 12.6. The maximum Gasteiger partial charge on any atom is 0.326 e. The number of nitrogens with one attached hydrogen (secondary N) is 1. The van der Waals surface area contributed by atoms with E-state index in [4.69, 9.17) is 11.6 Å². The summed E-state index contributed by atoms with van der Waals surface area (Å²) in [4.78, 5) is 27.0. The third-order valence-electron chi connectivity index (χ3n) is 2.80. The van der Waals surface area contributed by atoms with Gasteiger partial charge in [-0.3, -0.25) is 9.78 Å². The lowest BCUT2D eigenvalue weighted by Gasteiger charge is -2.21. The second kappa shape index (κ2) is 6.70. The normalized spacial score (nSPS) is 12.8. The maximum absolute atomic E-state index is 12.0. The number of amides is 1. The van der Waals surface area contributed by atoms with Crippen molar-refractivity contribution in [3.05, 3.63) is 29.0 Å². The predicted molar refractivity (Wildman–Crippen MR) is 76.8 cm³/mol. The summed E-state index contributed by atoms with van der Waals surface area (Å²) in [5.74, 6) is -1.55. The second-order valence-electron chi connectivity index (χ2n) is 5.82. The van der Waals surface area contributed by atoms with Gasteiger partial charge in [0.25, 0.3) is 5.91 Å². The standard InChI is InChI=1S/C14H19ClN2O3/c1-14(2,3)6-4-11(13(19)20)17-12(18)9-5-7-16-8-10(9)15/h5,7-8,11H,4,6H2,1-3H3,(H,17,18)(H,19,20). The minimum atomic E-state index is -1.05. The van der Waals surface area contributed by atoms with Crippen molar-refractivity contribution in [2.75, 3.05) is 0 Å². The maximum atomic E-state index is 12.0. The van der Waals surface area contributed by atoms with Crippen LogP contribution in [-0.4, -0.2) is 28.0 Å². The van der Waals surface area contributed by atoms with E-state index >= 15 is 0 Å². The molecule has 1 aromatic rings. The fraction of sp³-hybridized carbons (Fsp3) is 0.500. The zero-order valence-electron chi connectivity index (χ0n) is 11.8. The third kappa shape index (κ3) is 5.17. The summed E-state index contributed by atoms with van der Waals surface area (Å²) in [6.45, 7) is 6.06. The molecule has 2 N–H and O–H groups in total. The zero-order chi connectivity index (χ0) is 15.3. The topological polar surface area (TPSA) is 79.3 Å². The summed E-state index contributed by atoms with van der Waals surface area (Å²) in [5.41, 5.74) is 0.232. The number of rotatable bonds is 5. The fourth-order valence-electron chi connectivity index (χ4n) is 1.63. The van der Waals surface area contributed by atoms with Crippen LogP contribution in [0.4, 0.5) is 0 Å². The van der Waals surface area contributed by atoms with Gasteiger partial charge >= 0.3 is 5.97 Å². The molecule has 20 heavy (non-hydrogen) atoms. The number of hydrogen-bond donors (Lipinski definition) is 2. The summed E-state index contributed by atoms with van der Waals surface area (Å²) in [6, 6.07) is 0.534. The Labute approximate surface area is 123 Å². The Balaban J connectivity index is 2.74. The fourth-order valence-corrected chi connectivity index (χ4v) is 1.84. The Bertz CT molecular complexity index is 497. The number of pyridine rings is 1. The third-order valence-corrected chi connectivity index (χ3v) is 3.10. The lowest BCUT2D eigenvalue weighted by molar-refractivity contribution is -0.139. The van der Waals surface area contributed by atoms with Gasteiger partial charge in [0.2, 0.25) is 0 Å². The molecule has 0 aliphatic rings. The number of halogens is 1. The highest BCUT2D eigenvalue weighted by Crippen LogP contribution is 2.22. The summed E-state index contributed by atoms with van der Waals surface area (Å²) in [5, 5.41) is 11.9. The monoisotopic (exact) mass is 298 g/mol. The van der Waals surface area contributed by atoms with Gasteiger partial charge < -0.3 is 10.4 Å². The molecule has 0 saturated heterocycles. The van der Waals surface area contributed by atoms with Crippen molar-refractivity contribution in [2.45, 2.75) is 39.7 Å². The smallest absolute Gasteiger partial charge is 0.326 e. The Morgan fingerprint density at radius 1 is 1.45 bits per heavy atom. The Kier molecular flexibility index (Phi) is 5.51. The minimum Gasteiger partial charge on any atom is -0.480 e. The van der Waals surface area contributed by atoms with E-state index in [1.807, 2.05) is 20.8 Å². The van der Waals surface area contributed by atoms with E-state index in [1.54, 1.807) is 0 Å². The average Bonchev–Trinajstić information content (AvgIpc) is 2.33. The first-order valence-corrected chi connectivity index (χ1v) is 6.72. The van der Waals surface area contributed by atoms with Crippen LogP contribution in [0.25, 0.3) is 0 Å². The first-order chi connectivity index (χ1) is 9.20. The van der Waals surface area contributed by atoms with E-state index in [2.05, 4.69) is 10.3 Å². The summed E-state index contributed by atoms with van der Waals surface area (Å²) < 4.78 is 0. The molecule has 1 rings (SSSR count). The number of nitrogens with zero attached hydrogens (tertiary/aromatic N) is 1. The van der Waals surface area contributed by atoms with Crippen molar-refractivity contribution in [1.82, 2.24) is 10.3 Å². The molecule has 5 nitrogen and oxygen atoms in total. The van der Waals surface area contributed by atoms with E-state index in [9.17, 15) is 14.7 Å². The quantitative estimate of drug-likeness (QED) is 0.876. The molecule has 1 unspecified atom stereocenters. The average molecular weight is 299 g/mol. The molecule has 0 saturated carbocycles. The molecule has 0 aliphatic heterocycles. The molecule has 0 fully saturated rings. The Morgan fingerprint density at radius 3 is 2.60 bits per heavy atom. The first-order valence-electron chi connectivity index (χ1n) is 6.34. The van der Waals surface area contributed by atoms with Gasteiger partial charge in [0, 0.05) is 12.4 Å². The van der Waals surface area contributed by atoms with Gasteiger partial charge in [-0.2, -0.15) is 0 Å². The number of carboxylic acid groups (broad SMARTS) is 1. The number of aromatic nitrogens is 1. The van der Waals surface area contributed by atoms with Gasteiger partial charge in [-0.25, -0.2) is 4.79 Å². The Morgan fingerprint density at radius 2 is 2.10 bits per heavy atom. The van der Waals surface area contributed by atoms with Crippen LogP contribution in [0.5, 0.6) is 0 Å². The lowest BCUT2D eigenvalue weighted by Crippen LogP contribution is -2.41. The lowest BCUT2D eigenvalue weighted by atomic mass is 9.88.